The average molecular weight is 295 g/mol. The van der Waals surface area contributed by atoms with Gasteiger partial charge in [-0.25, -0.2) is 4.79 Å². The second kappa shape index (κ2) is 4.63. The molecule has 72 valence electrons. The summed E-state index contributed by atoms with van der Waals surface area (Å²) in [4.78, 5) is 10.7. The summed E-state index contributed by atoms with van der Waals surface area (Å²) in [5, 5.41) is 0. The molecule has 0 radical (unpaired) electrons. The zero-order valence-corrected chi connectivity index (χ0v) is 9.83. The van der Waals surface area contributed by atoms with Crippen LogP contribution < -0.4 is 0 Å². The molecule has 0 bridgehead atoms. The molecule has 8 heteroatoms. The van der Waals surface area contributed by atoms with Gasteiger partial charge in [-0.05, 0) is 0 Å². The Labute approximate surface area is 98.9 Å². The third-order valence-corrected chi connectivity index (χ3v) is 1.39. The van der Waals surface area contributed by atoms with Crippen LogP contribution in [-0.2, 0) is 9.53 Å². The Morgan fingerprint density at radius 2 is 1.50 bits per heavy atom. The lowest BCUT2D eigenvalue weighted by Crippen LogP contribution is -2.26. The van der Waals surface area contributed by atoms with Crippen LogP contribution in [0.5, 0.6) is 0 Å². The number of halogens is 6. The Bertz CT molecular complexity index is 167. The van der Waals surface area contributed by atoms with E-state index in [9.17, 15) is 4.79 Å². The van der Waals surface area contributed by atoms with E-state index >= 15 is 0 Å². The van der Waals surface area contributed by atoms with Gasteiger partial charge in [0, 0.05) is 0 Å². The highest BCUT2D eigenvalue weighted by Gasteiger charge is 2.34. The molecule has 0 aromatic rings. The fourth-order valence-electron chi connectivity index (χ4n) is 0.229. The van der Waals surface area contributed by atoms with Gasteiger partial charge in [0.15, 0.2) is 0 Å². The van der Waals surface area contributed by atoms with Crippen LogP contribution in [0.25, 0.3) is 0 Å². The van der Waals surface area contributed by atoms with Gasteiger partial charge >= 0.3 is 5.97 Å². The van der Waals surface area contributed by atoms with Crippen molar-refractivity contribution in [1.82, 2.24) is 0 Å². The first kappa shape index (κ1) is 13.2. The van der Waals surface area contributed by atoms with Crippen LogP contribution in [0, 0.1) is 0 Å². The molecule has 12 heavy (non-hydrogen) atoms. The highest BCUT2D eigenvalue weighted by atomic mass is 35.6. The summed E-state index contributed by atoms with van der Waals surface area (Å²) in [6.45, 7) is -0.468. The number of hydrogen-bond acceptors (Lipinski definition) is 2. The molecule has 0 rings (SSSR count). The summed E-state index contributed by atoms with van der Waals surface area (Å²) in [5.74, 6) is -1.08. The fourth-order valence-corrected chi connectivity index (χ4v) is 0.557. The van der Waals surface area contributed by atoms with E-state index in [-0.39, 0.29) is 0 Å². The van der Waals surface area contributed by atoms with Crippen LogP contribution in [0.4, 0.5) is 0 Å². The van der Waals surface area contributed by atoms with Crippen LogP contribution in [-0.4, -0.2) is 20.2 Å². The van der Waals surface area contributed by atoms with E-state index in [1.165, 1.54) is 0 Å². The van der Waals surface area contributed by atoms with Crippen LogP contribution in [0.2, 0.25) is 0 Å². The van der Waals surface area contributed by atoms with Crippen molar-refractivity contribution >= 4 is 75.6 Å². The van der Waals surface area contributed by atoms with Crippen LogP contribution in [0.15, 0.2) is 0 Å². The number of hydrogen-bond donors (Lipinski definition) is 0. The predicted octanol–water partition coefficient (Wildman–Crippen LogP) is 3.27. The lowest BCUT2D eigenvalue weighted by Gasteiger charge is -2.14. The fraction of sp³-hybridized carbons (Fsp3) is 0.750. The standard InChI is InChI=1S/C4H2Cl6O2/c5-3(6,7)1-12-2(11)4(8,9)10/h1H2. The number of alkyl halides is 6. The summed E-state index contributed by atoms with van der Waals surface area (Å²) in [5.41, 5.74) is 0. The average Bonchev–Trinajstić information content (AvgIpc) is 1.78. The number of rotatable bonds is 1. The maximum absolute atomic E-state index is 10.7. The molecular weight excluding hydrogens is 293 g/mol. The van der Waals surface area contributed by atoms with Crippen molar-refractivity contribution in [2.45, 2.75) is 7.59 Å². The molecule has 2 nitrogen and oxygen atoms in total. The molecule has 0 aromatic heterocycles. The molecule has 0 unspecified atom stereocenters. The van der Waals surface area contributed by atoms with Gasteiger partial charge in [-0.15, -0.1) is 0 Å². The molecule has 0 fully saturated rings. The molecule has 0 N–H and O–H groups in total. The van der Waals surface area contributed by atoms with Crippen molar-refractivity contribution < 1.29 is 9.53 Å². The minimum atomic E-state index is -2.14. The Morgan fingerprint density at radius 3 is 1.75 bits per heavy atom. The first-order valence-electron chi connectivity index (χ1n) is 2.43. The van der Waals surface area contributed by atoms with Crippen molar-refractivity contribution in [2.24, 2.45) is 0 Å². The minimum absolute atomic E-state index is 0.468. The molecule has 0 saturated carbocycles. The maximum atomic E-state index is 10.7. The SMILES string of the molecule is O=C(OCC(Cl)(Cl)Cl)C(Cl)(Cl)Cl. The van der Waals surface area contributed by atoms with Gasteiger partial charge < -0.3 is 4.74 Å². The molecule has 0 spiro atoms. The third-order valence-electron chi connectivity index (χ3n) is 0.598. The highest BCUT2D eigenvalue weighted by molar-refractivity contribution is 6.75. The topological polar surface area (TPSA) is 26.3 Å². The normalized spacial score (nSPS) is 12.8. The van der Waals surface area contributed by atoms with Crippen molar-refractivity contribution in [3.63, 3.8) is 0 Å². The molecule has 0 heterocycles. The van der Waals surface area contributed by atoms with E-state index in [0.717, 1.165) is 0 Å². The Balaban J connectivity index is 3.90. The molecular formula is C4H2Cl6O2. The highest BCUT2D eigenvalue weighted by Crippen LogP contribution is 2.30. The van der Waals surface area contributed by atoms with Crippen molar-refractivity contribution in [3.05, 3.63) is 0 Å². The molecule has 0 aliphatic heterocycles. The number of carbonyl (C=O) groups is 1. The molecule has 0 amide bonds. The van der Waals surface area contributed by atoms with Gasteiger partial charge in [-0.3, -0.25) is 0 Å². The lowest BCUT2D eigenvalue weighted by molar-refractivity contribution is -0.142. The van der Waals surface area contributed by atoms with Crippen molar-refractivity contribution in [1.29, 1.82) is 0 Å². The molecule has 0 aromatic carbocycles. The first-order valence-corrected chi connectivity index (χ1v) is 4.70. The van der Waals surface area contributed by atoms with Crippen LogP contribution >= 0.6 is 69.6 Å². The van der Waals surface area contributed by atoms with E-state index in [4.69, 9.17) is 69.6 Å². The molecule has 0 aliphatic rings. The quantitative estimate of drug-likeness (QED) is 0.548. The lowest BCUT2D eigenvalue weighted by atomic mass is 10.7. The smallest absolute Gasteiger partial charge is 0.358 e. The van der Waals surface area contributed by atoms with E-state index in [1.807, 2.05) is 0 Å². The number of carbonyl (C=O) groups excluding carboxylic acids is 1. The molecule has 0 aliphatic carbocycles. The van der Waals surface area contributed by atoms with E-state index in [2.05, 4.69) is 4.74 Å². The second-order valence-electron chi connectivity index (χ2n) is 1.69. The Morgan fingerprint density at radius 1 is 1.08 bits per heavy atom. The minimum Gasteiger partial charge on any atom is -0.458 e. The second-order valence-corrected chi connectivity index (χ2v) is 6.49. The first-order chi connectivity index (χ1) is 5.13. The zero-order chi connectivity index (χ0) is 9.99. The van der Waals surface area contributed by atoms with Gasteiger partial charge in [0.1, 0.15) is 6.61 Å². The van der Waals surface area contributed by atoms with Crippen molar-refractivity contribution in [3.8, 4) is 0 Å². The Hall–Kier alpha value is 1.21. The van der Waals surface area contributed by atoms with Gasteiger partial charge in [0.2, 0.25) is 3.79 Å². The van der Waals surface area contributed by atoms with Gasteiger partial charge in [0.05, 0.1) is 0 Å². The van der Waals surface area contributed by atoms with Crippen LogP contribution in [0.1, 0.15) is 0 Å². The summed E-state index contributed by atoms with van der Waals surface area (Å²) in [7, 11) is 0. The summed E-state index contributed by atoms with van der Waals surface area (Å²) in [6, 6.07) is 0. The van der Waals surface area contributed by atoms with Gasteiger partial charge in [-0.2, -0.15) is 0 Å². The van der Waals surface area contributed by atoms with E-state index in [0.29, 0.717) is 0 Å². The summed E-state index contributed by atoms with van der Waals surface area (Å²) < 4.78 is 0.495. The molecule has 0 saturated heterocycles. The van der Waals surface area contributed by atoms with E-state index in [1.54, 1.807) is 0 Å². The largest absolute Gasteiger partial charge is 0.458 e. The Kier molecular flexibility index (Phi) is 5.09. The summed E-state index contributed by atoms with van der Waals surface area (Å²) in [6.07, 6.45) is 0. The zero-order valence-electron chi connectivity index (χ0n) is 5.29. The summed E-state index contributed by atoms with van der Waals surface area (Å²) >= 11 is 31.2. The number of esters is 1. The van der Waals surface area contributed by atoms with Crippen LogP contribution in [0.3, 0.4) is 0 Å². The predicted molar refractivity (Wildman–Crippen MR) is 51.5 cm³/mol. The maximum Gasteiger partial charge on any atom is 0.358 e. The number of ether oxygens (including phenoxy) is 1. The van der Waals surface area contributed by atoms with Crippen molar-refractivity contribution in [2.75, 3.05) is 6.61 Å². The van der Waals surface area contributed by atoms with E-state index < -0.39 is 20.2 Å². The third kappa shape index (κ3) is 6.70. The van der Waals surface area contributed by atoms with Gasteiger partial charge in [0.25, 0.3) is 3.79 Å². The van der Waals surface area contributed by atoms with Gasteiger partial charge in [-0.1, -0.05) is 69.6 Å². The monoisotopic (exact) mass is 292 g/mol. The molecule has 0 atom stereocenters.